The minimum absolute atomic E-state index is 0.242. The van der Waals surface area contributed by atoms with Crippen molar-refractivity contribution in [3.05, 3.63) is 28.8 Å². The molecule has 2 heterocycles. The Hall–Kier alpha value is -1.15. The van der Waals surface area contributed by atoms with Crippen molar-refractivity contribution in [2.24, 2.45) is 0 Å². The SMILES string of the molecule is Cc1c(S(=O)(=O)N[C@@H]2CCCCNC2=O)sc2ccc(Cl)cc12. The molecule has 0 aliphatic carbocycles. The first-order valence-corrected chi connectivity index (χ1v) is 10.0. The summed E-state index contributed by atoms with van der Waals surface area (Å²) in [6.07, 6.45) is 2.19. The molecule has 1 aromatic heterocycles. The summed E-state index contributed by atoms with van der Waals surface area (Å²) in [6, 6.07) is 4.60. The zero-order valence-electron chi connectivity index (χ0n) is 12.6. The van der Waals surface area contributed by atoms with Gasteiger partial charge in [0.05, 0.1) is 0 Å². The Balaban J connectivity index is 1.96. The monoisotopic (exact) mass is 372 g/mol. The third-order valence-corrected chi connectivity index (χ3v) is 7.53. The molecule has 1 fully saturated rings. The Morgan fingerprint density at radius 3 is 2.91 bits per heavy atom. The van der Waals surface area contributed by atoms with Gasteiger partial charge in [-0.15, -0.1) is 11.3 Å². The van der Waals surface area contributed by atoms with Crippen LogP contribution in [0.5, 0.6) is 0 Å². The number of thiophene rings is 1. The number of carbonyl (C=O) groups is 1. The zero-order chi connectivity index (χ0) is 16.6. The van der Waals surface area contributed by atoms with E-state index in [1.54, 1.807) is 19.1 Å². The number of hydrogen-bond acceptors (Lipinski definition) is 4. The van der Waals surface area contributed by atoms with Gasteiger partial charge in [-0.05, 0) is 55.3 Å². The van der Waals surface area contributed by atoms with Crippen molar-refractivity contribution >= 4 is 49.0 Å². The van der Waals surface area contributed by atoms with Crippen LogP contribution >= 0.6 is 22.9 Å². The molecule has 0 radical (unpaired) electrons. The van der Waals surface area contributed by atoms with Crippen molar-refractivity contribution in [1.82, 2.24) is 10.0 Å². The molecular weight excluding hydrogens is 356 g/mol. The predicted molar refractivity (Wildman–Crippen MR) is 92.5 cm³/mol. The number of aryl methyl sites for hydroxylation is 1. The van der Waals surface area contributed by atoms with E-state index in [1.807, 2.05) is 6.07 Å². The van der Waals surface area contributed by atoms with Crippen LogP contribution in [0.2, 0.25) is 5.02 Å². The van der Waals surface area contributed by atoms with Crippen molar-refractivity contribution in [2.75, 3.05) is 6.54 Å². The van der Waals surface area contributed by atoms with Crippen LogP contribution < -0.4 is 10.0 Å². The number of carbonyl (C=O) groups excluding carboxylic acids is 1. The molecule has 1 atom stereocenters. The fraction of sp³-hybridized carbons (Fsp3) is 0.400. The number of rotatable bonds is 3. The summed E-state index contributed by atoms with van der Waals surface area (Å²) in [5, 5.41) is 4.13. The van der Waals surface area contributed by atoms with Gasteiger partial charge in [-0.25, -0.2) is 8.42 Å². The van der Waals surface area contributed by atoms with Crippen molar-refractivity contribution in [3.63, 3.8) is 0 Å². The molecular formula is C15H17ClN2O3S2. The maximum absolute atomic E-state index is 12.7. The van der Waals surface area contributed by atoms with Crippen LogP contribution in [0.25, 0.3) is 10.1 Å². The molecule has 2 aromatic rings. The molecule has 0 bridgehead atoms. The van der Waals surface area contributed by atoms with Gasteiger partial charge in [-0.1, -0.05) is 11.6 Å². The van der Waals surface area contributed by atoms with Crippen LogP contribution in [0, 0.1) is 6.92 Å². The molecule has 8 heteroatoms. The van der Waals surface area contributed by atoms with E-state index in [4.69, 9.17) is 11.6 Å². The number of halogens is 1. The molecule has 0 spiro atoms. The summed E-state index contributed by atoms with van der Waals surface area (Å²) >= 11 is 7.19. The molecule has 1 aliphatic heterocycles. The lowest BCUT2D eigenvalue weighted by Crippen LogP contribution is -2.45. The lowest BCUT2D eigenvalue weighted by Gasteiger charge is -2.15. The highest BCUT2D eigenvalue weighted by molar-refractivity contribution is 7.91. The largest absolute Gasteiger partial charge is 0.355 e. The highest BCUT2D eigenvalue weighted by Crippen LogP contribution is 2.35. The molecule has 124 valence electrons. The minimum Gasteiger partial charge on any atom is -0.355 e. The maximum Gasteiger partial charge on any atom is 0.251 e. The first-order chi connectivity index (χ1) is 10.9. The fourth-order valence-electron chi connectivity index (χ4n) is 2.72. The highest BCUT2D eigenvalue weighted by Gasteiger charge is 2.29. The van der Waals surface area contributed by atoms with E-state index in [2.05, 4.69) is 10.0 Å². The molecule has 1 aromatic carbocycles. The van der Waals surface area contributed by atoms with Crippen LogP contribution in [0.3, 0.4) is 0 Å². The quantitative estimate of drug-likeness (QED) is 0.869. The number of fused-ring (bicyclic) bond motifs is 1. The smallest absolute Gasteiger partial charge is 0.251 e. The van der Waals surface area contributed by atoms with Gasteiger partial charge in [0, 0.05) is 16.3 Å². The normalized spacial score (nSPS) is 19.6. The molecule has 0 unspecified atom stereocenters. The average Bonchev–Trinajstić information content (AvgIpc) is 2.69. The van der Waals surface area contributed by atoms with E-state index in [9.17, 15) is 13.2 Å². The van der Waals surface area contributed by atoms with E-state index < -0.39 is 16.1 Å². The molecule has 1 aliphatic rings. The molecule has 3 rings (SSSR count). The number of hydrogen-bond donors (Lipinski definition) is 2. The first-order valence-electron chi connectivity index (χ1n) is 7.37. The first kappa shape index (κ1) is 16.7. The van der Waals surface area contributed by atoms with Crippen LogP contribution in [-0.2, 0) is 14.8 Å². The summed E-state index contributed by atoms with van der Waals surface area (Å²) in [5.74, 6) is -0.257. The maximum atomic E-state index is 12.7. The average molecular weight is 373 g/mol. The summed E-state index contributed by atoms with van der Waals surface area (Å²) in [6.45, 7) is 2.36. The van der Waals surface area contributed by atoms with Crippen molar-refractivity contribution < 1.29 is 13.2 Å². The van der Waals surface area contributed by atoms with Gasteiger partial charge >= 0.3 is 0 Å². The topological polar surface area (TPSA) is 75.3 Å². The van der Waals surface area contributed by atoms with Gasteiger partial charge in [0.1, 0.15) is 10.3 Å². The van der Waals surface area contributed by atoms with Gasteiger partial charge in [0.2, 0.25) is 5.91 Å². The summed E-state index contributed by atoms with van der Waals surface area (Å²) in [4.78, 5) is 12.0. The summed E-state index contributed by atoms with van der Waals surface area (Å²) < 4.78 is 29.1. The summed E-state index contributed by atoms with van der Waals surface area (Å²) in [7, 11) is -3.75. The van der Waals surface area contributed by atoms with E-state index in [0.717, 1.165) is 22.9 Å². The van der Waals surface area contributed by atoms with E-state index in [1.165, 1.54) is 11.3 Å². The van der Waals surface area contributed by atoms with Gasteiger partial charge < -0.3 is 5.32 Å². The van der Waals surface area contributed by atoms with E-state index in [0.29, 0.717) is 23.6 Å². The Labute approximate surface area is 144 Å². The van der Waals surface area contributed by atoms with Crippen molar-refractivity contribution in [3.8, 4) is 0 Å². The number of nitrogens with one attached hydrogen (secondary N) is 2. The Kier molecular flexibility index (Phi) is 4.64. The molecule has 1 saturated heterocycles. The van der Waals surface area contributed by atoms with Gasteiger partial charge in [0.15, 0.2) is 0 Å². The molecule has 0 saturated carbocycles. The third kappa shape index (κ3) is 3.38. The molecule has 2 N–H and O–H groups in total. The van der Waals surface area contributed by atoms with Crippen LogP contribution in [0.15, 0.2) is 22.4 Å². The van der Waals surface area contributed by atoms with Crippen LogP contribution in [0.4, 0.5) is 0 Å². The number of benzene rings is 1. The third-order valence-electron chi connectivity index (χ3n) is 3.93. The molecule has 5 nitrogen and oxygen atoms in total. The number of sulfonamides is 1. The van der Waals surface area contributed by atoms with Crippen LogP contribution in [-0.4, -0.2) is 26.9 Å². The molecule has 1 amide bonds. The van der Waals surface area contributed by atoms with Gasteiger partial charge in [0.25, 0.3) is 10.0 Å². The fourth-order valence-corrected chi connectivity index (χ4v) is 5.88. The zero-order valence-corrected chi connectivity index (χ0v) is 14.9. The predicted octanol–water partition coefficient (Wildman–Crippen LogP) is 2.81. The van der Waals surface area contributed by atoms with E-state index in [-0.39, 0.29) is 10.1 Å². The number of amides is 1. The standard InChI is InChI=1S/C15H17ClN2O3S2/c1-9-11-8-10(16)5-6-13(11)22-15(9)23(20,21)18-12-4-2-3-7-17-14(12)19/h5-6,8,12,18H,2-4,7H2,1H3,(H,17,19)/t12-/m1/s1. The van der Waals surface area contributed by atoms with E-state index >= 15 is 0 Å². The van der Waals surface area contributed by atoms with Crippen molar-refractivity contribution in [2.45, 2.75) is 36.4 Å². The Bertz CT molecular complexity index is 861. The molecule has 23 heavy (non-hydrogen) atoms. The minimum atomic E-state index is -3.75. The highest BCUT2D eigenvalue weighted by atomic mass is 35.5. The van der Waals surface area contributed by atoms with Gasteiger partial charge in [-0.2, -0.15) is 4.72 Å². The second-order valence-corrected chi connectivity index (χ2v) is 9.01. The Morgan fingerprint density at radius 2 is 2.13 bits per heavy atom. The lowest BCUT2D eigenvalue weighted by molar-refractivity contribution is -0.122. The van der Waals surface area contributed by atoms with Gasteiger partial charge in [-0.3, -0.25) is 4.79 Å². The van der Waals surface area contributed by atoms with Crippen LogP contribution in [0.1, 0.15) is 24.8 Å². The second-order valence-electron chi connectivity index (χ2n) is 5.62. The lowest BCUT2D eigenvalue weighted by atomic mass is 10.1. The Morgan fingerprint density at radius 1 is 1.35 bits per heavy atom. The van der Waals surface area contributed by atoms with Crippen molar-refractivity contribution in [1.29, 1.82) is 0 Å². The second kappa shape index (κ2) is 6.39. The summed E-state index contributed by atoms with van der Waals surface area (Å²) in [5.41, 5.74) is 0.661.